The smallest absolute Gasteiger partial charge is 0.408 e. The molecule has 0 saturated carbocycles. The number of hydrogen-bond donors (Lipinski definition) is 3. The zero-order valence-electron chi connectivity index (χ0n) is 21.5. The van der Waals surface area contributed by atoms with Gasteiger partial charge < -0.3 is 25.4 Å². The molecular weight excluding hydrogens is 422 g/mol. The number of nitrogens with one attached hydrogen (secondary N) is 2. The summed E-state index contributed by atoms with van der Waals surface area (Å²) in [5.41, 5.74) is -0.591. The average Bonchev–Trinajstić information content (AvgIpc) is 2.65. The Hall–Kier alpha value is -2.77. The number of aromatic hydroxyl groups is 1. The molecule has 3 N–H and O–H groups in total. The van der Waals surface area contributed by atoms with Crippen LogP contribution in [0.3, 0.4) is 0 Å². The van der Waals surface area contributed by atoms with Crippen molar-refractivity contribution in [2.24, 2.45) is 0 Å². The van der Waals surface area contributed by atoms with Crippen LogP contribution in [0.2, 0.25) is 0 Å². The third-order valence-electron chi connectivity index (χ3n) is 4.96. The highest BCUT2D eigenvalue weighted by Crippen LogP contribution is 2.36. The molecule has 1 aromatic carbocycles. The van der Waals surface area contributed by atoms with Gasteiger partial charge in [-0.2, -0.15) is 0 Å². The Morgan fingerprint density at radius 2 is 1.73 bits per heavy atom. The molecule has 0 radical (unpaired) electrons. The van der Waals surface area contributed by atoms with Gasteiger partial charge in [0.2, 0.25) is 11.8 Å². The minimum absolute atomic E-state index is 0.0389. The van der Waals surface area contributed by atoms with Gasteiger partial charge in [0.25, 0.3) is 0 Å². The van der Waals surface area contributed by atoms with E-state index in [1.165, 1.54) is 4.90 Å². The van der Waals surface area contributed by atoms with Crippen LogP contribution in [0.1, 0.15) is 85.4 Å². The van der Waals surface area contributed by atoms with Crippen molar-refractivity contribution in [2.75, 3.05) is 6.54 Å². The molecule has 3 amide bonds. The summed E-state index contributed by atoms with van der Waals surface area (Å²) < 4.78 is 5.28. The van der Waals surface area contributed by atoms with Gasteiger partial charge in [0, 0.05) is 17.6 Å². The maximum atomic E-state index is 13.6. The molecule has 0 aliphatic carbocycles. The third-order valence-corrected chi connectivity index (χ3v) is 4.96. The van der Waals surface area contributed by atoms with E-state index in [2.05, 4.69) is 10.6 Å². The Bertz CT molecular complexity index is 839. The Morgan fingerprint density at radius 3 is 2.24 bits per heavy atom. The first-order valence-electron chi connectivity index (χ1n) is 11.5. The Labute approximate surface area is 198 Å². The molecule has 0 aliphatic heterocycles. The predicted molar refractivity (Wildman–Crippen MR) is 129 cm³/mol. The summed E-state index contributed by atoms with van der Waals surface area (Å²) in [4.78, 5) is 40.7. The zero-order valence-corrected chi connectivity index (χ0v) is 21.5. The normalized spacial score (nSPS) is 13.6. The van der Waals surface area contributed by atoms with Crippen molar-refractivity contribution in [1.29, 1.82) is 0 Å². The minimum atomic E-state index is -1.09. The summed E-state index contributed by atoms with van der Waals surface area (Å²) in [6, 6.07) is 3.07. The van der Waals surface area contributed by atoms with Gasteiger partial charge in [0.05, 0.1) is 0 Å². The zero-order chi connectivity index (χ0) is 25.6. The van der Waals surface area contributed by atoms with Gasteiger partial charge in [-0.3, -0.25) is 9.59 Å². The van der Waals surface area contributed by atoms with E-state index in [0.717, 1.165) is 12.8 Å². The molecule has 0 saturated heterocycles. The monoisotopic (exact) mass is 463 g/mol. The summed E-state index contributed by atoms with van der Waals surface area (Å²) in [5, 5.41) is 16.2. The maximum absolute atomic E-state index is 13.6. The van der Waals surface area contributed by atoms with Crippen LogP contribution in [-0.2, 0) is 14.3 Å². The van der Waals surface area contributed by atoms with Gasteiger partial charge in [0.1, 0.15) is 23.4 Å². The molecule has 8 heteroatoms. The predicted octanol–water partition coefficient (Wildman–Crippen LogP) is 4.20. The lowest BCUT2D eigenvalue weighted by molar-refractivity contribution is -0.148. The molecule has 2 unspecified atom stereocenters. The van der Waals surface area contributed by atoms with Crippen molar-refractivity contribution < 1.29 is 24.2 Å². The van der Waals surface area contributed by atoms with Gasteiger partial charge in [-0.15, -0.1) is 0 Å². The molecule has 0 bridgehead atoms. The Kier molecular flexibility index (Phi) is 9.75. The van der Waals surface area contributed by atoms with Crippen molar-refractivity contribution in [2.45, 2.75) is 98.4 Å². The maximum Gasteiger partial charge on any atom is 0.408 e. The van der Waals surface area contributed by atoms with Crippen LogP contribution in [0.4, 0.5) is 4.79 Å². The molecule has 2 atom stereocenters. The number of hydrogen-bond acceptors (Lipinski definition) is 5. The first-order chi connectivity index (χ1) is 15.1. The van der Waals surface area contributed by atoms with Gasteiger partial charge in [-0.25, -0.2) is 4.79 Å². The van der Waals surface area contributed by atoms with Crippen LogP contribution in [-0.4, -0.2) is 51.6 Å². The molecule has 0 spiro atoms. The number of para-hydroxylation sites is 1. The molecule has 1 rings (SSSR count). The van der Waals surface area contributed by atoms with Crippen molar-refractivity contribution >= 4 is 17.9 Å². The summed E-state index contributed by atoms with van der Waals surface area (Å²) >= 11 is 0. The lowest BCUT2D eigenvalue weighted by atomic mass is 9.94. The van der Waals surface area contributed by atoms with Crippen molar-refractivity contribution in [1.82, 2.24) is 15.5 Å². The number of aryl methyl sites for hydroxylation is 1. The quantitative estimate of drug-likeness (QED) is 0.501. The lowest BCUT2D eigenvalue weighted by Gasteiger charge is -2.42. The number of phenolic OH excluding ortho intramolecular Hbond substituents is 1. The van der Waals surface area contributed by atoms with E-state index in [1.54, 1.807) is 52.8 Å². The second-order valence-corrected chi connectivity index (χ2v) is 10.3. The Morgan fingerprint density at radius 1 is 1.12 bits per heavy atom. The number of rotatable bonds is 8. The van der Waals surface area contributed by atoms with Crippen LogP contribution in [0.5, 0.6) is 5.75 Å². The van der Waals surface area contributed by atoms with Gasteiger partial charge in [0.15, 0.2) is 0 Å². The van der Waals surface area contributed by atoms with Crippen LogP contribution in [0.25, 0.3) is 0 Å². The minimum Gasteiger partial charge on any atom is -0.507 e. The van der Waals surface area contributed by atoms with Gasteiger partial charge >= 0.3 is 6.09 Å². The highest BCUT2D eigenvalue weighted by atomic mass is 16.6. The van der Waals surface area contributed by atoms with E-state index >= 15 is 0 Å². The number of phenols is 1. The number of nitrogens with zero attached hydrogens (tertiary/aromatic N) is 1. The van der Waals surface area contributed by atoms with Crippen molar-refractivity contribution in [3.05, 3.63) is 29.3 Å². The number of unbranched alkanes of at least 4 members (excludes halogenated alkanes) is 1. The highest BCUT2D eigenvalue weighted by molar-refractivity contribution is 5.92. The van der Waals surface area contributed by atoms with E-state index in [-0.39, 0.29) is 5.75 Å². The first-order valence-corrected chi connectivity index (χ1v) is 11.5. The fourth-order valence-corrected chi connectivity index (χ4v) is 3.38. The molecule has 0 aliphatic rings. The van der Waals surface area contributed by atoms with E-state index in [4.69, 9.17) is 4.74 Å². The fourth-order valence-electron chi connectivity index (χ4n) is 3.38. The van der Waals surface area contributed by atoms with Crippen LogP contribution in [0, 0.1) is 6.92 Å². The second kappa shape index (κ2) is 11.4. The van der Waals surface area contributed by atoms with Crippen molar-refractivity contribution in [3.8, 4) is 5.75 Å². The van der Waals surface area contributed by atoms with Gasteiger partial charge in [-0.1, -0.05) is 31.5 Å². The summed E-state index contributed by atoms with van der Waals surface area (Å²) in [5.74, 6) is -0.898. The van der Waals surface area contributed by atoms with Gasteiger partial charge in [-0.05, 0) is 67.4 Å². The van der Waals surface area contributed by atoms with Crippen LogP contribution in [0.15, 0.2) is 18.2 Å². The molecule has 186 valence electrons. The molecule has 33 heavy (non-hydrogen) atoms. The van der Waals surface area contributed by atoms with Crippen LogP contribution >= 0.6 is 0 Å². The average molecular weight is 464 g/mol. The standard InChI is InChI=1S/C25H41N3O5/c1-10-11-15-26-21(30)19(18-14-12-13-16(2)20(18)29)28(24(4,5)6)22(31)17(3)27-23(32)33-25(7,8)9/h12-14,17,19,29H,10-11,15H2,1-9H3,(H,26,30)(H,27,32). The molecule has 8 nitrogen and oxygen atoms in total. The number of carbonyl (C=O) groups is 3. The highest BCUT2D eigenvalue weighted by Gasteiger charge is 2.41. The topological polar surface area (TPSA) is 108 Å². The molecule has 1 aromatic rings. The second-order valence-electron chi connectivity index (χ2n) is 10.3. The largest absolute Gasteiger partial charge is 0.507 e. The van der Waals surface area contributed by atoms with E-state index in [9.17, 15) is 19.5 Å². The van der Waals surface area contributed by atoms with E-state index < -0.39 is 41.1 Å². The summed E-state index contributed by atoms with van der Waals surface area (Å²) in [6.45, 7) is 16.4. The fraction of sp³-hybridized carbons (Fsp3) is 0.640. The number of amides is 3. The first kappa shape index (κ1) is 28.3. The van der Waals surface area contributed by atoms with Crippen molar-refractivity contribution in [3.63, 3.8) is 0 Å². The molecular formula is C25H41N3O5. The number of alkyl carbamates (subject to hydrolysis) is 1. The van der Waals surface area contributed by atoms with E-state index in [1.807, 2.05) is 27.7 Å². The summed E-state index contributed by atoms with van der Waals surface area (Å²) in [6.07, 6.45) is 0.970. The number of carbonyl (C=O) groups excluding carboxylic acids is 3. The molecule has 0 fully saturated rings. The molecule has 0 aromatic heterocycles. The lowest BCUT2D eigenvalue weighted by Crippen LogP contribution is -2.58. The van der Waals surface area contributed by atoms with E-state index in [0.29, 0.717) is 17.7 Å². The number of benzene rings is 1. The Balaban J connectivity index is 3.43. The summed E-state index contributed by atoms with van der Waals surface area (Å²) in [7, 11) is 0. The molecule has 0 heterocycles. The third kappa shape index (κ3) is 8.26. The SMILES string of the molecule is CCCCNC(=O)C(c1cccc(C)c1O)N(C(=O)C(C)NC(=O)OC(C)(C)C)C(C)(C)C. The number of ether oxygens (including phenoxy) is 1. The van der Waals surface area contributed by atoms with Crippen LogP contribution < -0.4 is 10.6 Å².